The van der Waals surface area contributed by atoms with Crippen LogP contribution >= 0.6 is 0 Å². The van der Waals surface area contributed by atoms with E-state index < -0.39 is 0 Å². The zero-order chi connectivity index (χ0) is 13.8. The Morgan fingerprint density at radius 3 is 1.50 bits per heavy atom. The van der Waals surface area contributed by atoms with E-state index in [9.17, 15) is 4.79 Å². The summed E-state index contributed by atoms with van der Waals surface area (Å²) in [6.45, 7) is 0. The molecule has 2 aromatic rings. The molecule has 0 N–H and O–H groups in total. The maximum atomic E-state index is 12.5. The van der Waals surface area contributed by atoms with Gasteiger partial charge in [-0.1, -0.05) is 60.7 Å². The van der Waals surface area contributed by atoms with Gasteiger partial charge in [0, 0.05) is 11.8 Å². The molecule has 0 aliphatic heterocycles. The van der Waals surface area contributed by atoms with Crippen LogP contribution in [0.1, 0.15) is 24.0 Å². The molecular weight excluding hydrogens is 244 g/mol. The largest absolute Gasteiger partial charge is 0.299 e. The van der Waals surface area contributed by atoms with Crippen LogP contribution in [0.15, 0.2) is 60.7 Å². The lowest BCUT2D eigenvalue weighted by Crippen LogP contribution is -2.17. The van der Waals surface area contributed by atoms with Crippen LogP contribution in [0.5, 0.6) is 0 Å². The van der Waals surface area contributed by atoms with E-state index in [-0.39, 0.29) is 11.8 Å². The van der Waals surface area contributed by atoms with E-state index in [4.69, 9.17) is 0 Å². The molecule has 102 valence electrons. The van der Waals surface area contributed by atoms with Crippen LogP contribution < -0.4 is 0 Å². The molecule has 0 radical (unpaired) electrons. The molecule has 20 heavy (non-hydrogen) atoms. The van der Waals surface area contributed by atoms with Crippen LogP contribution in [-0.2, 0) is 17.6 Å². The second-order valence-electron chi connectivity index (χ2n) is 5.75. The Hall–Kier alpha value is -1.89. The molecule has 0 bridgehead atoms. The first-order valence-electron chi connectivity index (χ1n) is 7.44. The van der Waals surface area contributed by atoms with Gasteiger partial charge in [-0.3, -0.25) is 4.79 Å². The lowest BCUT2D eigenvalue weighted by atomic mass is 9.92. The van der Waals surface area contributed by atoms with Crippen molar-refractivity contribution in [3.8, 4) is 0 Å². The molecule has 1 fully saturated rings. The third kappa shape index (κ3) is 2.98. The fraction of sp³-hybridized carbons (Fsp3) is 0.316. The topological polar surface area (TPSA) is 17.1 Å². The summed E-state index contributed by atoms with van der Waals surface area (Å²) < 4.78 is 0. The van der Waals surface area contributed by atoms with Gasteiger partial charge in [-0.25, -0.2) is 0 Å². The van der Waals surface area contributed by atoms with Crippen molar-refractivity contribution in [3.63, 3.8) is 0 Å². The summed E-state index contributed by atoms with van der Waals surface area (Å²) in [5, 5.41) is 0. The third-order valence-electron chi connectivity index (χ3n) is 4.32. The van der Waals surface area contributed by atoms with E-state index in [0.29, 0.717) is 5.78 Å². The zero-order valence-electron chi connectivity index (χ0n) is 11.7. The number of rotatable bonds is 4. The Balaban J connectivity index is 1.62. The van der Waals surface area contributed by atoms with Gasteiger partial charge < -0.3 is 0 Å². The van der Waals surface area contributed by atoms with Gasteiger partial charge in [0.1, 0.15) is 5.78 Å². The molecule has 3 rings (SSSR count). The van der Waals surface area contributed by atoms with Crippen LogP contribution in [0.2, 0.25) is 0 Å². The van der Waals surface area contributed by atoms with E-state index >= 15 is 0 Å². The van der Waals surface area contributed by atoms with Crippen LogP contribution in [0.3, 0.4) is 0 Å². The van der Waals surface area contributed by atoms with E-state index in [2.05, 4.69) is 48.5 Å². The molecule has 2 aromatic carbocycles. The first kappa shape index (κ1) is 13.1. The Bertz CT molecular complexity index is 507. The minimum atomic E-state index is 0.228. The zero-order valence-corrected chi connectivity index (χ0v) is 11.7. The van der Waals surface area contributed by atoms with Gasteiger partial charge in [0.05, 0.1) is 0 Å². The van der Waals surface area contributed by atoms with Gasteiger partial charge in [-0.2, -0.15) is 0 Å². The highest BCUT2D eigenvalue weighted by molar-refractivity contribution is 5.85. The molecule has 2 unspecified atom stereocenters. The third-order valence-corrected chi connectivity index (χ3v) is 4.32. The van der Waals surface area contributed by atoms with Crippen molar-refractivity contribution in [2.24, 2.45) is 11.8 Å². The monoisotopic (exact) mass is 264 g/mol. The standard InChI is InChI=1S/C19H20O/c20-19-17(13-15-7-3-1-4-8-15)11-12-18(19)14-16-9-5-2-6-10-16/h1-10,17-18H,11-14H2. The smallest absolute Gasteiger partial charge is 0.139 e. The minimum Gasteiger partial charge on any atom is -0.299 e. The highest BCUT2D eigenvalue weighted by atomic mass is 16.1. The molecule has 2 atom stereocenters. The fourth-order valence-electron chi connectivity index (χ4n) is 3.22. The highest BCUT2D eigenvalue weighted by Crippen LogP contribution is 2.32. The molecular formula is C19H20O. The van der Waals surface area contributed by atoms with Gasteiger partial charge in [0.25, 0.3) is 0 Å². The van der Waals surface area contributed by atoms with E-state index in [0.717, 1.165) is 25.7 Å². The average molecular weight is 264 g/mol. The van der Waals surface area contributed by atoms with E-state index in [1.54, 1.807) is 0 Å². The van der Waals surface area contributed by atoms with E-state index in [1.165, 1.54) is 11.1 Å². The predicted octanol–water partition coefficient (Wildman–Crippen LogP) is 4.07. The van der Waals surface area contributed by atoms with Gasteiger partial charge in [-0.15, -0.1) is 0 Å². The van der Waals surface area contributed by atoms with Crippen molar-refractivity contribution >= 4 is 5.78 Å². The number of benzene rings is 2. The van der Waals surface area contributed by atoms with Crippen LogP contribution in [-0.4, -0.2) is 5.78 Å². The Morgan fingerprint density at radius 2 is 1.10 bits per heavy atom. The van der Waals surface area contributed by atoms with Crippen LogP contribution in [0, 0.1) is 11.8 Å². The molecule has 0 saturated heterocycles. The highest BCUT2D eigenvalue weighted by Gasteiger charge is 2.33. The number of carbonyl (C=O) groups excluding carboxylic acids is 1. The first-order chi connectivity index (χ1) is 9.83. The number of hydrogen-bond donors (Lipinski definition) is 0. The summed E-state index contributed by atoms with van der Waals surface area (Å²) >= 11 is 0. The summed E-state index contributed by atoms with van der Waals surface area (Å²) in [6.07, 6.45) is 3.91. The second-order valence-corrected chi connectivity index (χ2v) is 5.75. The molecule has 0 heterocycles. The molecule has 0 spiro atoms. The lowest BCUT2D eigenvalue weighted by molar-refractivity contribution is -0.123. The maximum absolute atomic E-state index is 12.5. The Morgan fingerprint density at radius 1 is 0.700 bits per heavy atom. The molecule has 1 aliphatic rings. The summed E-state index contributed by atoms with van der Waals surface area (Å²) in [4.78, 5) is 12.5. The predicted molar refractivity (Wildman–Crippen MR) is 81.5 cm³/mol. The van der Waals surface area contributed by atoms with Gasteiger partial charge in [0.2, 0.25) is 0 Å². The van der Waals surface area contributed by atoms with Crippen molar-refractivity contribution in [1.82, 2.24) is 0 Å². The van der Waals surface area contributed by atoms with Gasteiger partial charge >= 0.3 is 0 Å². The second kappa shape index (κ2) is 6.04. The fourth-order valence-corrected chi connectivity index (χ4v) is 3.22. The Kier molecular flexibility index (Phi) is 3.96. The number of hydrogen-bond acceptors (Lipinski definition) is 1. The summed E-state index contributed by atoms with van der Waals surface area (Å²) in [6, 6.07) is 20.8. The van der Waals surface area contributed by atoms with Crippen molar-refractivity contribution in [2.45, 2.75) is 25.7 Å². The molecule has 0 amide bonds. The summed E-state index contributed by atoms with van der Waals surface area (Å²) in [5.74, 6) is 0.926. The SMILES string of the molecule is O=C1C(Cc2ccccc2)CCC1Cc1ccccc1. The van der Waals surface area contributed by atoms with Crippen molar-refractivity contribution in [1.29, 1.82) is 0 Å². The number of carbonyl (C=O) groups is 1. The molecule has 1 aliphatic carbocycles. The van der Waals surface area contributed by atoms with Crippen molar-refractivity contribution in [3.05, 3.63) is 71.8 Å². The van der Waals surface area contributed by atoms with Crippen LogP contribution in [0.4, 0.5) is 0 Å². The summed E-state index contributed by atoms with van der Waals surface area (Å²) in [7, 11) is 0. The Labute approximate surface area is 120 Å². The van der Waals surface area contributed by atoms with Gasteiger partial charge in [0.15, 0.2) is 0 Å². The number of ketones is 1. The minimum absolute atomic E-state index is 0.228. The van der Waals surface area contributed by atoms with Gasteiger partial charge in [-0.05, 0) is 36.8 Å². The molecule has 0 aromatic heterocycles. The first-order valence-corrected chi connectivity index (χ1v) is 7.44. The average Bonchev–Trinajstić information content (AvgIpc) is 2.83. The molecule has 1 heteroatoms. The summed E-state index contributed by atoms with van der Waals surface area (Å²) in [5.41, 5.74) is 2.57. The van der Waals surface area contributed by atoms with Crippen molar-refractivity contribution in [2.75, 3.05) is 0 Å². The maximum Gasteiger partial charge on any atom is 0.139 e. The lowest BCUT2D eigenvalue weighted by Gasteiger charge is -2.11. The number of Topliss-reactive ketones (excluding diaryl/α,β-unsaturated/α-hetero) is 1. The normalized spacial score (nSPS) is 22.1. The molecule has 1 nitrogen and oxygen atoms in total. The van der Waals surface area contributed by atoms with E-state index in [1.807, 2.05) is 12.1 Å². The quantitative estimate of drug-likeness (QED) is 0.813. The van der Waals surface area contributed by atoms with Crippen LogP contribution in [0.25, 0.3) is 0 Å². The molecule has 1 saturated carbocycles. The van der Waals surface area contributed by atoms with Crippen molar-refractivity contribution < 1.29 is 4.79 Å².